The van der Waals surface area contributed by atoms with Crippen LogP contribution >= 0.6 is 0 Å². The molecular formula is C15H27N3O. The molecule has 1 aromatic rings. The molecular weight excluding hydrogens is 238 g/mol. The maximum absolute atomic E-state index is 5.69. The van der Waals surface area contributed by atoms with E-state index in [1.165, 1.54) is 5.56 Å². The van der Waals surface area contributed by atoms with Crippen molar-refractivity contribution in [2.45, 2.75) is 39.8 Å². The Bertz CT molecular complexity index is 397. The van der Waals surface area contributed by atoms with Crippen molar-refractivity contribution in [1.29, 1.82) is 0 Å². The van der Waals surface area contributed by atoms with Gasteiger partial charge in [0, 0.05) is 30.4 Å². The smallest absolute Gasteiger partial charge is 0.213 e. The Morgan fingerprint density at radius 2 is 1.95 bits per heavy atom. The van der Waals surface area contributed by atoms with Crippen LogP contribution < -0.4 is 10.1 Å². The number of nitrogens with one attached hydrogen (secondary N) is 1. The minimum atomic E-state index is 0.114. The van der Waals surface area contributed by atoms with Crippen LogP contribution in [-0.4, -0.2) is 42.7 Å². The molecule has 1 heterocycles. The third kappa shape index (κ3) is 7.13. The van der Waals surface area contributed by atoms with Crippen LogP contribution in [0.1, 0.15) is 32.0 Å². The lowest BCUT2D eigenvalue weighted by atomic mass is 10.1. The SMILES string of the molecule is Cc1cc(CNC(C)(C)C)cc(OCCN(C)C)n1. The quantitative estimate of drug-likeness (QED) is 0.856. The van der Waals surface area contributed by atoms with E-state index in [-0.39, 0.29) is 5.54 Å². The summed E-state index contributed by atoms with van der Waals surface area (Å²) >= 11 is 0. The minimum Gasteiger partial charge on any atom is -0.476 e. The molecule has 108 valence electrons. The topological polar surface area (TPSA) is 37.4 Å². The molecule has 0 aliphatic carbocycles. The lowest BCUT2D eigenvalue weighted by molar-refractivity contribution is 0.253. The second kappa shape index (κ2) is 6.87. The summed E-state index contributed by atoms with van der Waals surface area (Å²) in [6.07, 6.45) is 0. The molecule has 0 saturated carbocycles. The number of pyridine rings is 1. The second-order valence-corrected chi connectivity index (χ2v) is 6.21. The fraction of sp³-hybridized carbons (Fsp3) is 0.667. The van der Waals surface area contributed by atoms with Crippen molar-refractivity contribution in [3.63, 3.8) is 0 Å². The first-order chi connectivity index (χ1) is 8.76. The van der Waals surface area contributed by atoms with Gasteiger partial charge in [-0.3, -0.25) is 0 Å². The number of ether oxygens (including phenoxy) is 1. The van der Waals surface area contributed by atoms with E-state index < -0.39 is 0 Å². The highest BCUT2D eigenvalue weighted by Crippen LogP contribution is 2.13. The predicted octanol–water partition coefficient (Wildman–Crippen LogP) is 2.22. The summed E-state index contributed by atoms with van der Waals surface area (Å²) in [6.45, 7) is 10.9. The van der Waals surface area contributed by atoms with Gasteiger partial charge in [0.1, 0.15) is 6.61 Å². The maximum atomic E-state index is 5.69. The molecule has 0 bridgehead atoms. The van der Waals surface area contributed by atoms with Gasteiger partial charge in [-0.15, -0.1) is 0 Å². The molecule has 1 N–H and O–H groups in total. The van der Waals surface area contributed by atoms with Crippen molar-refractivity contribution in [3.8, 4) is 5.88 Å². The van der Waals surface area contributed by atoms with Gasteiger partial charge in [0.05, 0.1) is 0 Å². The van der Waals surface area contributed by atoms with Crippen molar-refractivity contribution in [1.82, 2.24) is 15.2 Å². The molecule has 0 amide bonds. The van der Waals surface area contributed by atoms with Crippen LogP contribution in [0.4, 0.5) is 0 Å². The summed E-state index contributed by atoms with van der Waals surface area (Å²) in [7, 11) is 4.07. The molecule has 0 unspecified atom stereocenters. The average Bonchev–Trinajstić information content (AvgIpc) is 2.24. The summed E-state index contributed by atoms with van der Waals surface area (Å²) in [5.74, 6) is 0.715. The molecule has 0 aliphatic rings. The second-order valence-electron chi connectivity index (χ2n) is 6.21. The number of aryl methyl sites for hydroxylation is 1. The van der Waals surface area contributed by atoms with Gasteiger partial charge in [-0.05, 0) is 53.4 Å². The van der Waals surface area contributed by atoms with Crippen molar-refractivity contribution < 1.29 is 4.74 Å². The zero-order valence-electron chi connectivity index (χ0n) is 13.1. The Hall–Kier alpha value is -1.13. The van der Waals surface area contributed by atoms with E-state index in [9.17, 15) is 0 Å². The lowest BCUT2D eigenvalue weighted by Crippen LogP contribution is -2.35. The number of nitrogens with zero attached hydrogens (tertiary/aromatic N) is 2. The normalized spacial score (nSPS) is 11.9. The standard InChI is InChI=1S/C15H27N3O/c1-12-9-13(11-16-15(2,3)4)10-14(17-12)19-8-7-18(5)6/h9-10,16H,7-8,11H2,1-6H3. The molecule has 0 atom stereocenters. The fourth-order valence-corrected chi connectivity index (χ4v) is 1.58. The molecule has 19 heavy (non-hydrogen) atoms. The molecule has 1 rings (SSSR count). The number of aromatic nitrogens is 1. The van der Waals surface area contributed by atoms with E-state index in [0.717, 1.165) is 18.8 Å². The molecule has 0 fully saturated rings. The number of hydrogen-bond acceptors (Lipinski definition) is 4. The van der Waals surface area contributed by atoms with E-state index in [0.29, 0.717) is 12.5 Å². The van der Waals surface area contributed by atoms with Crippen LogP contribution in [0.15, 0.2) is 12.1 Å². The highest BCUT2D eigenvalue weighted by Gasteiger charge is 2.09. The molecule has 0 saturated heterocycles. The summed E-state index contributed by atoms with van der Waals surface area (Å²) in [6, 6.07) is 4.11. The Kier molecular flexibility index (Phi) is 5.76. The number of likely N-dealkylation sites (N-methyl/N-ethyl adjacent to an activating group) is 1. The monoisotopic (exact) mass is 265 g/mol. The maximum Gasteiger partial charge on any atom is 0.213 e. The summed E-state index contributed by atoms with van der Waals surface area (Å²) in [4.78, 5) is 6.50. The zero-order valence-corrected chi connectivity index (χ0v) is 13.1. The first kappa shape index (κ1) is 15.9. The third-order valence-corrected chi connectivity index (χ3v) is 2.60. The number of rotatable bonds is 6. The molecule has 1 aromatic heterocycles. The Labute approximate surface area is 117 Å². The van der Waals surface area contributed by atoms with Crippen LogP contribution in [0.3, 0.4) is 0 Å². The summed E-state index contributed by atoms with van der Waals surface area (Å²) in [5, 5.41) is 3.48. The van der Waals surface area contributed by atoms with Gasteiger partial charge < -0.3 is 15.0 Å². The molecule has 4 heteroatoms. The van der Waals surface area contributed by atoms with Crippen LogP contribution in [0.5, 0.6) is 5.88 Å². The Morgan fingerprint density at radius 1 is 1.26 bits per heavy atom. The fourth-order valence-electron chi connectivity index (χ4n) is 1.58. The first-order valence-electron chi connectivity index (χ1n) is 6.76. The Balaban J connectivity index is 2.61. The number of hydrogen-bond donors (Lipinski definition) is 1. The van der Waals surface area contributed by atoms with Crippen LogP contribution in [-0.2, 0) is 6.54 Å². The Morgan fingerprint density at radius 3 is 2.53 bits per heavy atom. The minimum absolute atomic E-state index is 0.114. The van der Waals surface area contributed by atoms with Crippen molar-refractivity contribution >= 4 is 0 Å². The van der Waals surface area contributed by atoms with Crippen molar-refractivity contribution in [2.24, 2.45) is 0 Å². The van der Waals surface area contributed by atoms with Gasteiger partial charge in [-0.25, -0.2) is 4.98 Å². The van der Waals surface area contributed by atoms with E-state index in [2.05, 4.69) is 42.0 Å². The van der Waals surface area contributed by atoms with Crippen LogP contribution in [0, 0.1) is 6.92 Å². The van der Waals surface area contributed by atoms with E-state index >= 15 is 0 Å². The van der Waals surface area contributed by atoms with Crippen LogP contribution in [0.25, 0.3) is 0 Å². The highest BCUT2D eigenvalue weighted by molar-refractivity contribution is 5.24. The van der Waals surface area contributed by atoms with Crippen LogP contribution in [0.2, 0.25) is 0 Å². The summed E-state index contributed by atoms with van der Waals surface area (Å²) in [5.41, 5.74) is 2.32. The van der Waals surface area contributed by atoms with Gasteiger partial charge in [0.25, 0.3) is 0 Å². The third-order valence-electron chi connectivity index (χ3n) is 2.60. The van der Waals surface area contributed by atoms with E-state index in [1.807, 2.05) is 27.1 Å². The molecule has 0 aromatic carbocycles. The zero-order chi connectivity index (χ0) is 14.5. The van der Waals surface area contributed by atoms with Gasteiger partial charge in [-0.2, -0.15) is 0 Å². The molecule has 0 spiro atoms. The first-order valence-corrected chi connectivity index (χ1v) is 6.76. The molecule has 4 nitrogen and oxygen atoms in total. The average molecular weight is 265 g/mol. The largest absolute Gasteiger partial charge is 0.476 e. The van der Waals surface area contributed by atoms with Gasteiger partial charge >= 0.3 is 0 Å². The molecule has 0 radical (unpaired) electrons. The van der Waals surface area contributed by atoms with E-state index in [1.54, 1.807) is 0 Å². The van der Waals surface area contributed by atoms with Gasteiger partial charge in [0.15, 0.2) is 0 Å². The van der Waals surface area contributed by atoms with E-state index in [4.69, 9.17) is 4.74 Å². The van der Waals surface area contributed by atoms with Gasteiger partial charge in [0.2, 0.25) is 5.88 Å². The predicted molar refractivity (Wildman–Crippen MR) is 79.6 cm³/mol. The highest BCUT2D eigenvalue weighted by atomic mass is 16.5. The van der Waals surface area contributed by atoms with Crippen molar-refractivity contribution in [2.75, 3.05) is 27.2 Å². The lowest BCUT2D eigenvalue weighted by Gasteiger charge is -2.21. The summed E-state index contributed by atoms with van der Waals surface area (Å²) < 4.78 is 5.69. The van der Waals surface area contributed by atoms with Gasteiger partial charge in [-0.1, -0.05) is 0 Å². The van der Waals surface area contributed by atoms with Crippen molar-refractivity contribution in [3.05, 3.63) is 23.4 Å². The molecule has 0 aliphatic heterocycles.